The van der Waals surface area contributed by atoms with Gasteiger partial charge in [0.15, 0.2) is 0 Å². The lowest BCUT2D eigenvalue weighted by Gasteiger charge is -2.20. The number of fused-ring (bicyclic) bond motifs is 3. The van der Waals surface area contributed by atoms with Crippen molar-refractivity contribution in [1.29, 1.82) is 0 Å². The first-order valence-electron chi connectivity index (χ1n) is 10.3. The number of carboxylic acids is 1. The summed E-state index contributed by atoms with van der Waals surface area (Å²) in [5.74, 6) is -1.03. The normalized spacial score (nSPS) is 13.2. The topological polar surface area (TPSA) is 75.6 Å². The molecule has 158 valence electrons. The molecule has 0 saturated heterocycles. The van der Waals surface area contributed by atoms with Gasteiger partial charge in [-0.25, -0.2) is 4.79 Å². The van der Waals surface area contributed by atoms with Crippen LogP contribution >= 0.6 is 0 Å². The first-order chi connectivity index (χ1) is 14.9. The van der Waals surface area contributed by atoms with Crippen LogP contribution in [0.3, 0.4) is 0 Å². The Morgan fingerprint density at radius 3 is 2.13 bits per heavy atom. The average molecular weight is 415 g/mol. The van der Waals surface area contributed by atoms with E-state index in [1.165, 1.54) is 0 Å². The van der Waals surface area contributed by atoms with Crippen molar-refractivity contribution in [1.82, 2.24) is 5.32 Å². The Hall–Kier alpha value is -3.60. The molecule has 1 amide bonds. The smallest absolute Gasteiger partial charge is 0.407 e. The molecule has 5 nitrogen and oxygen atoms in total. The second kappa shape index (κ2) is 8.64. The molecule has 0 bridgehead atoms. The summed E-state index contributed by atoms with van der Waals surface area (Å²) in [6.45, 7) is 4.14. The van der Waals surface area contributed by atoms with Gasteiger partial charge in [0.25, 0.3) is 0 Å². The zero-order chi connectivity index (χ0) is 22.0. The van der Waals surface area contributed by atoms with Crippen LogP contribution in [0.5, 0.6) is 0 Å². The third-order valence-corrected chi connectivity index (χ3v) is 5.95. The molecule has 1 aliphatic carbocycles. The van der Waals surface area contributed by atoms with Crippen LogP contribution in [-0.4, -0.2) is 23.8 Å². The first kappa shape index (κ1) is 20.7. The van der Waals surface area contributed by atoms with Crippen LogP contribution in [-0.2, 0) is 9.53 Å². The van der Waals surface area contributed by atoms with Crippen molar-refractivity contribution >= 4 is 12.1 Å². The van der Waals surface area contributed by atoms with E-state index in [1.54, 1.807) is 0 Å². The van der Waals surface area contributed by atoms with Gasteiger partial charge in [0.1, 0.15) is 6.61 Å². The Morgan fingerprint density at radius 2 is 1.55 bits per heavy atom. The number of aryl methyl sites for hydroxylation is 2. The monoisotopic (exact) mass is 415 g/mol. The van der Waals surface area contributed by atoms with Crippen LogP contribution in [0.2, 0.25) is 0 Å². The molecule has 2 N–H and O–H groups in total. The summed E-state index contributed by atoms with van der Waals surface area (Å²) < 4.78 is 5.58. The van der Waals surface area contributed by atoms with Gasteiger partial charge in [-0.15, -0.1) is 0 Å². The fourth-order valence-electron chi connectivity index (χ4n) is 4.19. The number of alkyl carbamates (subject to hydrolysis) is 1. The number of aliphatic carboxylic acids is 1. The highest BCUT2D eigenvalue weighted by molar-refractivity contribution is 5.79. The Labute approximate surface area is 181 Å². The molecule has 31 heavy (non-hydrogen) atoms. The van der Waals surface area contributed by atoms with Crippen LogP contribution in [0, 0.1) is 13.8 Å². The number of amides is 1. The van der Waals surface area contributed by atoms with Crippen LogP contribution in [0.25, 0.3) is 11.1 Å². The maximum Gasteiger partial charge on any atom is 0.407 e. The molecule has 0 radical (unpaired) electrons. The molecule has 1 atom stereocenters. The lowest BCUT2D eigenvalue weighted by molar-refractivity contribution is -0.137. The summed E-state index contributed by atoms with van der Waals surface area (Å²) in [5.41, 5.74) is 7.48. The molecule has 5 heteroatoms. The van der Waals surface area contributed by atoms with Crippen molar-refractivity contribution in [2.75, 3.05) is 6.61 Å². The SMILES string of the molecule is Cc1ccc([C@@H](CC(=O)O)NC(=O)OCC2c3ccccc3-c3ccccc32)cc1C. The van der Waals surface area contributed by atoms with E-state index in [0.29, 0.717) is 0 Å². The van der Waals surface area contributed by atoms with Gasteiger partial charge in [-0.1, -0.05) is 66.7 Å². The van der Waals surface area contributed by atoms with E-state index in [9.17, 15) is 14.7 Å². The van der Waals surface area contributed by atoms with Gasteiger partial charge in [-0.2, -0.15) is 0 Å². The third-order valence-electron chi connectivity index (χ3n) is 5.95. The lowest BCUT2D eigenvalue weighted by Crippen LogP contribution is -2.31. The van der Waals surface area contributed by atoms with Gasteiger partial charge >= 0.3 is 12.1 Å². The summed E-state index contributed by atoms with van der Waals surface area (Å²) >= 11 is 0. The standard InChI is InChI=1S/C26H25NO4/c1-16-11-12-18(13-17(16)2)24(14-25(28)29)27-26(30)31-15-23-21-9-5-3-7-19(21)20-8-4-6-10-22(20)23/h3-13,23-24H,14-15H2,1-2H3,(H,27,30)(H,28,29)/t24-/m1/s1. The number of benzene rings is 3. The summed E-state index contributed by atoms with van der Waals surface area (Å²) in [5, 5.41) is 12.1. The summed E-state index contributed by atoms with van der Waals surface area (Å²) in [6.07, 6.45) is -0.835. The molecule has 0 aliphatic heterocycles. The van der Waals surface area contributed by atoms with Crippen molar-refractivity contribution in [2.24, 2.45) is 0 Å². The van der Waals surface area contributed by atoms with Gasteiger partial charge in [-0.3, -0.25) is 4.79 Å². The number of hydrogen-bond donors (Lipinski definition) is 2. The Kier molecular flexibility index (Phi) is 5.76. The Bertz CT molecular complexity index is 1090. The van der Waals surface area contributed by atoms with Crippen molar-refractivity contribution < 1.29 is 19.4 Å². The molecule has 1 aliphatic rings. The van der Waals surface area contributed by atoms with E-state index in [-0.39, 0.29) is 18.9 Å². The highest BCUT2D eigenvalue weighted by atomic mass is 16.5. The summed E-state index contributed by atoms with van der Waals surface area (Å²) in [6, 6.07) is 21.3. The number of carbonyl (C=O) groups excluding carboxylic acids is 1. The predicted molar refractivity (Wildman–Crippen MR) is 119 cm³/mol. The number of ether oxygens (including phenoxy) is 1. The van der Waals surface area contributed by atoms with Gasteiger partial charge in [0, 0.05) is 5.92 Å². The number of hydrogen-bond acceptors (Lipinski definition) is 3. The van der Waals surface area contributed by atoms with E-state index < -0.39 is 18.1 Å². The molecular formula is C26H25NO4. The molecule has 0 saturated carbocycles. The Balaban J connectivity index is 1.49. The van der Waals surface area contributed by atoms with Crippen molar-refractivity contribution in [2.45, 2.75) is 32.2 Å². The minimum atomic E-state index is -0.984. The highest BCUT2D eigenvalue weighted by Crippen LogP contribution is 2.44. The second-order valence-electron chi connectivity index (χ2n) is 7.96. The summed E-state index contributed by atoms with van der Waals surface area (Å²) in [4.78, 5) is 24.0. The lowest BCUT2D eigenvalue weighted by atomic mass is 9.98. The minimum absolute atomic E-state index is 0.0438. The van der Waals surface area contributed by atoms with Crippen molar-refractivity contribution in [3.05, 3.63) is 94.5 Å². The zero-order valence-corrected chi connectivity index (χ0v) is 17.6. The van der Waals surface area contributed by atoms with Gasteiger partial charge in [-0.05, 0) is 52.8 Å². The number of carboxylic acid groups (broad SMARTS) is 1. The van der Waals surface area contributed by atoms with Crippen LogP contribution in [0.15, 0.2) is 66.7 Å². The number of carbonyl (C=O) groups is 2. The highest BCUT2D eigenvalue weighted by Gasteiger charge is 2.29. The molecular weight excluding hydrogens is 390 g/mol. The van der Waals surface area contributed by atoms with E-state index in [4.69, 9.17) is 4.74 Å². The average Bonchev–Trinajstić information content (AvgIpc) is 3.07. The van der Waals surface area contributed by atoms with E-state index >= 15 is 0 Å². The molecule has 3 aromatic carbocycles. The fourth-order valence-corrected chi connectivity index (χ4v) is 4.19. The van der Waals surface area contributed by atoms with Gasteiger partial charge in [0.2, 0.25) is 0 Å². The zero-order valence-electron chi connectivity index (χ0n) is 17.6. The third kappa shape index (κ3) is 4.31. The molecule has 4 rings (SSSR count). The van der Waals surface area contributed by atoms with E-state index in [0.717, 1.165) is 38.9 Å². The predicted octanol–water partition coefficient (Wildman–Crippen LogP) is 5.36. The molecule has 0 spiro atoms. The fraction of sp³-hybridized carbons (Fsp3) is 0.231. The molecule has 0 heterocycles. The first-order valence-corrected chi connectivity index (χ1v) is 10.3. The second-order valence-corrected chi connectivity index (χ2v) is 7.96. The van der Waals surface area contributed by atoms with Gasteiger partial charge < -0.3 is 15.2 Å². The Morgan fingerprint density at radius 1 is 0.935 bits per heavy atom. The van der Waals surface area contributed by atoms with Crippen molar-refractivity contribution in [3.8, 4) is 11.1 Å². The summed E-state index contributed by atoms with van der Waals surface area (Å²) in [7, 11) is 0. The maximum atomic E-state index is 12.6. The number of nitrogens with one attached hydrogen (secondary N) is 1. The maximum absolute atomic E-state index is 12.6. The van der Waals surface area contributed by atoms with Crippen molar-refractivity contribution in [3.63, 3.8) is 0 Å². The van der Waals surface area contributed by atoms with E-state index in [2.05, 4.69) is 29.6 Å². The molecule has 0 aromatic heterocycles. The molecule has 0 fully saturated rings. The van der Waals surface area contributed by atoms with E-state index in [1.807, 2.05) is 56.3 Å². The van der Waals surface area contributed by atoms with Crippen LogP contribution < -0.4 is 5.32 Å². The quantitative estimate of drug-likeness (QED) is 0.568. The minimum Gasteiger partial charge on any atom is -0.481 e. The van der Waals surface area contributed by atoms with Crippen LogP contribution in [0.1, 0.15) is 46.2 Å². The van der Waals surface area contributed by atoms with Crippen LogP contribution in [0.4, 0.5) is 4.79 Å². The number of rotatable bonds is 6. The van der Waals surface area contributed by atoms with Gasteiger partial charge in [0.05, 0.1) is 12.5 Å². The molecule has 3 aromatic rings. The largest absolute Gasteiger partial charge is 0.481 e. The molecule has 0 unspecified atom stereocenters.